The molecule has 0 fully saturated rings. The number of aromatic nitrogens is 2. The minimum absolute atomic E-state index is 0.263. The number of benzene rings is 1. The third-order valence-electron chi connectivity index (χ3n) is 2.73. The SMILES string of the molecule is CCCOc1cc(C)nc(NCc2cc(Br)ccc2F)n1. The molecule has 0 aliphatic rings. The summed E-state index contributed by atoms with van der Waals surface area (Å²) in [4.78, 5) is 8.53. The summed E-state index contributed by atoms with van der Waals surface area (Å²) in [5, 5.41) is 3.02. The van der Waals surface area contributed by atoms with Crippen molar-refractivity contribution in [3.05, 3.63) is 45.8 Å². The maximum absolute atomic E-state index is 13.7. The van der Waals surface area contributed by atoms with Crippen molar-refractivity contribution in [1.82, 2.24) is 9.97 Å². The van der Waals surface area contributed by atoms with Crippen molar-refractivity contribution < 1.29 is 9.13 Å². The molecule has 6 heteroatoms. The van der Waals surface area contributed by atoms with Gasteiger partial charge in [-0.2, -0.15) is 4.98 Å². The van der Waals surface area contributed by atoms with Gasteiger partial charge in [-0.05, 0) is 31.5 Å². The van der Waals surface area contributed by atoms with Crippen molar-refractivity contribution in [2.45, 2.75) is 26.8 Å². The number of nitrogens with one attached hydrogen (secondary N) is 1. The quantitative estimate of drug-likeness (QED) is 0.849. The van der Waals surface area contributed by atoms with E-state index in [0.29, 0.717) is 30.5 Å². The Hall–Kier alpha value is -1.69. The lowest BCUT2D eigenvalue weighted by Gasteiger charge is -2.09. The highest BCUT2D eigenvalue weighted by Crippen LogP contribution is 2.17. The van der Waals surface area contributed by atoms with Crippen molar-refractivity contribution in [1.29, 1.82) is 0 Å². The Morgan fingerprint density at radius 1 is 1.29 bits per heavy atom. The molecule has 0 saturated heterocycles. The van der Waals surface area contributed by atoms with Gasteiger partial charge in [0.15, 0.2) is 0 Å². The van der Waals surface area contributed by atoms with Crippen LogP contribution in [0.5, 0.6) is 5.88 Å². The van der Waals surface area contributed by atoms with Crippen LogP contribution in [-0.4, -0.2) is 16.6 Å². The molecule has 1 aromatic heterocycles. The molecule has 1 heterocycles. The molecule has 1 aromatic carbocycles. The summed E-state index contributed by atoms with van der Waals surface area (Å²) in [6.07, 6.45) is 0.912. The van der Waals surface area contributed by atoms with Gasteiger partial charge in [0.05, 0.1) is 6.61 Å². The van der Waals surface area contributed by atoms with Crippen molar-refractivity contribution in [2.24, 2.45) is 0 Å². The van der Waals surface area contributed by atoms with Crippen molar-refractivity contribution in [3.63, 3.8) is 0 Å². The standard InChI is InChI=1S/C15H17BrFN3O/c1-3-6-21-14-7-10(2)19-15(20-14)18-9-11-8-12(16)4-5-13(11)17/h4-5,7-8H,3,6,9H2,1-2H3,(H,18,19,20). The molecule has 0 saturated carbocycles. The maximum atomic E-state index is 13.7. The number of rotatable bonds is 6. The first-order valence-corrected chi connectivity index (χ1v) is 7.54. The van der Waals surface area contributed by atoms with Gasteiger partial charge in [0.2, 0.25) is 11.8 Å². The zero-order valence-electron chi connectivity index (χ0n) is 12.0. The second-order valence-electron chi connectivity index (χ2n) is 4.61. The molecule has 0 aliphatic heterocycles. The van der Waals surface area contributed by atoms with Gasteiger partial charge in [-0.3, -0.25) is 0 Å². The van der Waals surface area contributed by atoms with Crippen LogP contribution < -0.4 is 10.1 Å². The molecule has 4 nitrogen and oxygen atoms in total. The van der Waals surface area contributed by atoms with E-state index in [1.807, 2.05) is 13.8 Å². The van der Waals surface area contributed by atoms with Gasteiger partial charge in [-0.1, -0.05) is 22.9 Å². The molecule has 0 atom stereocenters. The van der Waals surface area contributed by atoms with Gasteiger partial charge >= 0.3 is 0 Å². The van der Waals surface area contributed by atoms with E-state index in [4.69, 9.17) is 4.74 Å². The summed E-state index contributed by atoms with van der Waals surface area (Å²) in [6, 6.07) is 6.60. The molecule has 21 heavy (non-hydrogen) atoms. The Morgan fingerprint density at radius 3 is 2.86 bits per heavy atom. The summed E-state index contributed by atoms with van der Waals surface area (Å²) in [6.45, 7) is 4.81. The second-order valence-corrected chi connectivity index (χ2v) is 5.52. The largest absolute Gasteiger partial charge is 0.478 e. The van der Waals surface area contributed by atoms with Crippen molar-refractivity contribution >= 4 is 21.9 Å². The monoisotopic (exact) mass is 353 g/mol. The van der Waals surface area contributed by atoms with Crippen LogP contribution in [0, 0.1) is 12.7 Å². The number of hydrogen-bond acceptors (Lipinski definition) is 4. The third-order valence-corrected chi connectivity index (χ3v) is 3.22. The predicted octanol–water partition coefficient (Wildman–Crippen LogP) is 4.09. The normalized spacial score (nSPS) is 10.5. The molecule has 0 bridgehead atoms. The fourth-order valence-corrected chi connectivity index (χ4v) is 2.16. The van der Waals surface area contributed by atoms with Gasteiger partial charge in [0.25, 0.3) is 0 Å². The minimum atomic E-state index is -0.263. The minimum Gasteiger partial charge on any atom is -0.478 e. The topological polar surface area (TPSA) is 47.0 Å². The molecular weight excluding hydrogens is 337 g/mol. The number of aryl methyl sites for hydroxylation is 1. The van der Waals surface area contributed by atoms with Crippen LogP contribution >= 0.6 is 15.9 Å². The van der Waals surface area contributed by atoms with Crippen LogP contribution in [0.2, 0.25) is 0 Å². The van der Waals surface area contributed by atoms with Gasteiger partial charge in [0.1, 0.15) is 5.82 Å². The summed E-state index contributed by atoms with van der Waals surface area (Å²) in [5.74, 6) is 0.697. The molecule has 112 valence electrons. The lowest BCUT2D eigenvalue weighted by atomic mass is 10.2. The summed E-state index contributed by atoms with van der Waals surface area (Å²) in [7, 11) is 0. The zero-order chi connectivity index (χ0) is 15.2. The van der Waals surface area contributed by atoms with Crippen molar-refractivity contribution in [3.8, 4) is 5.88 Å². The summed E-state index contributed by atoms with van der Waals surface area (Å²) in [5.41, 5.74) is 1.35. The van der Waals surface area contributed by atoms with Crippen LogP contribution in [0.25, 0.3) is 0 Å². The van der Waals surface area contributed by atoms with E-state index in [0.717, 1.165) is 16.6 Å². The van der Waals surface area contributed by atoms with E-state index in [2.05, 4.69) is 31.2 Å². The van der Waals surface area contributed by atoms with E-state index >= 15 is 0 Å². The zero-order valence-corrected chi connectivity index (χ0v) is 13.6. The summed E-state index contributed by atoms with van der Waals surface area (Å²) < 4.78 is 20.0. The molecule has 2 rings (SSSR count). The summed E-state index contributed by atoms with van der Waals surface area (Å²) >= 11 is 3.33. The third kappa shape index (κ3) is 4.67. The molecule has 2 aromatic rings. The molecule has 0 aliphatic carbocycles. The first-order chi connectivity index (χ1) is 10.1. The Kier molecular flexibility index (Phi) is 5.50. The number of hydrogen-bond donors (Lipinski definition) is 1. The van der Waals surface area contributed by atoms with E-state index in [1.165, 1.54) is 6.07 Å². The lowest BCUT2D eigenvalue weighted by Crippen LogP contribution is -2.07. The molecular formula is C15H17BrFN3O. The van der Waals surface area contributed by atoms with Gasteiger partial charge in [0, 0.05) is 28.3 Å². The lowest BCUT2D eigenvalue weighted by molar-refractivity contribution is 0.305. The van der Waals surface area contributed by atoms with E-state index in [-0.39, 0.29) is 5.82 Å². The second kappa shape index (κ2) is 7.36. The number of anilines is 1. The van der Waals surface area contributed by atoms with Gasteiger partial charge < -0.3 is 10.1 Å². The van der Waals surface area contributed by atoms with Crippen LogP contribution in [0.3, 0.4) is 0 Å². The Balaban J connectivity index is 2.08. The highest BCUT2D eigenvalue weighted by atomic mass is 79.9. The smallest absolute Gasteiger partial charge is 0.226 e. The average molecular weight is 354 g/mol. The molecule has 1 N–H and O–H groups in total. The van der Waals surface area contributed by atoms with Crippen LogP contribution in [0.4, 0.5) is 10.3 Å². The highest BCUT2D eigenvalue weighted by molar-refractivity contribution is 9.10. The Labute approximate surface area is 131 Å². The predicted molar refractivity (Wildman–Crippen MR) is 84.0 cm³/mol. The molecule has 0 spiro atoms. The molecule has 0 unspecified atom stereocenters. The first-order valence-electron chi connectivity index (χ1n) is 6.74. The van der Waals surface area contributed by atoms with E-state index < -0.39 is 0 Å². The van der Waals surface area contributed by atoms with Gasteiger partial charge in [-0.15, -0.1) is 0 Å². The van der Waals surface area contributed by atoms with Crippen LogP contribution in [0.1, 0.15) is 24.6 Å². The number of ether oxygens (including phenoxy) is 1. The van der Waals surface area contributed by atoms with Crippen LogP contribution in [0.15, 0.2) is 28.7 Å². The van der Waals surface area contributed by atoms with E-state index in [1.54, 1.807) is 18.2 Å². The first kappa shape index (κ1) is 15.7. The maximum Gasteiger partial charge on any atom is 0.226 e. The average Bonchev–Trinajstić information content (AvgIpc) is 2.45. The number of halogens is 2. The Morgan fingerprint density at radius 2 is 2.10 bits per heavy atom. The molecule has 0 amide bonds. The van der Waals surface area contributed by atoms with E-state index in [9.17, 15) is 4.39 Å². The van der Waals surface area contributed by atoms with Crippen molar-refractivity contribution in [2.75, 3.05) is 11.9 Å². The highest BCUT2D eigenvalue weighted by Gasteiger charge is 2.06. The number of nitrogens with zero attached hydrogens (tertiary/aromatic N) is 2. The Bertz CT molecular complexity index is 622. The molecule has 0 radical (unpaired) electrons. The van der Waals surface area contributed by atoms with Crippen LogP contribution in [-0.2, 0) is 6.54 Å². The fraction of sp³-hybridized carbons (Fsp3) is 0.333. The fourth-order valence-electron chi connectivity index (χ4n) is 1.75. The van der Waals surface area contributed by atoms with Gasteiger partial charge in [-0.25, -0.2) is 9.37 Å².